The quantitative estimate of drug-likeness (QED) is 0.721. The Morgan fingerprint density at radius 2 is 2.07 bits per heavy atom. The lowest BCUT2D eigenvalue weighted by Crippen LogP contribution is -2.19. The van der Waals surface area contributed by atoms with Crippen LogP contribution in [-0.4, -0.2) is 23.1 Å². The Bertz CT molecular complexity index is 952. The molecule has 0 spiro atoms. The second-order valence-electron chi connectivity index (χ2n) is 7.64. The molecule has 1 fully saturated rings. The molecule has 3 aromatic rings. The van der Waals surface area contributed by atoms with Gasteiger partial charge in [0.15, 0.2) is 0 Å². The van der Waals surface area contributed by atoms with E-state index in [-0.39, 0.29) is 0 Å². The molecular formula is C23H25N3O. The smallest absolute Gasteiger partial charge is 0.0722 e. The number of benzene rings is 1. The van der Waals surface area contributed by atoms with Gasteiger partial charge in [-0.15, -0.1) is 0 Å². The normalized spacial score (nSPS) is 19.2. The zero-order valence-electron chi connectivity index (χ0n) is 15.7. The van der Waals surface area contributed by atoms with Crippen LogP contribution in [0.4, 0.5) is 0 Å². The summed E-state index contributed by atoms with van der Waals surface area (Å²) < 4.78 is 5.77. The first-order chi connectivity index (χ1) is 13.3. The summed E-state index contributed by atoms with van der Waals surface area (Å²) in [5.74, 6) is 0. The van der Waals surface area contributed by atoms with Crippen LogP contribution in [0.25, 0.3) is 22.4 Å². The van der Waals surface area contributed by atoms with Gasteiger partial charge in [0.25, 0.3) is 0 Å². The molecule has 2 aliphatic heterocycles. The van der Waals surface area contributed by atoms with Gasteiger partial charge >= 0.3 is 0 Å². The largest absolute Gasteiger partial charge is 0.376 e. The standard InChI is InChI=1S/C23H25N3O/c1-15-4-5-17(12-25-15)19-11-23(26-13-19)18-9-16-6-8-27-14-21(16)20(10-18)22-3-2-7-24-22/h4-5,9-13,22,24,26H,2-3,6-8,14H2,1H3/t22-/m0/s1. The Balaban J connectivity index is 1.55. The third-order valence-corrected chi connectivity index (χ3v) is 5.81. The lowest BCUT2D eigenvalue weighted by molar-refractivity contribution is 0.109. The van der Waals surface area contributed by atoms with E-state index >= 15 is 0 Å². The fraction of sp³-hybridized carbons (Fsp3) is 0.348. The Labute approximate surface area is 160 Å². The summed E-state index contributed by atoms with van der Waals surface area (Å²) in [5, 5.41) is 3.66. The summed E-state index contributed by atoms with van der Waals surface area (Å²) in [5.41, 5.74) is 10.1. The molecule has 4 nitrogen and oxygen atoms in total. The molecule has 2 N–H and O–H groups in total. The minimum Gasteiger partial charge on any atom is -0.376 e. The molecule has 1 aromatic carbocycles. The first kappa shape index (κ1) is 16.7. The van der Waals surface area contributed by atoms with E-state index in [0.29, 0.717) is 6.04 Å². The molecule has 27 heavy (non-hydrogen) atoms. The summed E-state index contributed by atoms with van der Waals surface area (Å²) in [6.45, 7) is 4.69. The number of fused-ring (bicyclic) bond motifs is 1. The van der Waals surface area contributed by atoms with Gasteiger partial charge in [-0.05, 0) is 79.3 Å². The number of rotatable bonds is 3. The molecule has 0 saturated carbocycles. The van der Waals surface area contributed by atoms with Crippen molar-refractivity contribution in [3.63, 3.8) is 0 Å². The van der Waals surface area contributed by atoms with Crippen LogP contribution < -0.4 is 5.32 Å². The van der Waals surface area contributed by atoms with Crippen molar-refractivity contribution in [2.45, 2.75) is 38.8 Å². The Kier molecular flexibility index (Phi) is 4.30. The van der Waals surface area contributed by atoms with Crippen molar-refractivity contribution >= 4 is 0 Å². The van der Waals surface area contributed by atoms with Gasteiger partial charge in [0.2, 0.25) is 0 Å². The topological polar surface area (TPSA) is 49.9 Å². The zero-order valence-corrected chi connectivity index (χ0v) is 15.7. The average Bonchev–Trinajstić information content (AvgIpc) is 3.40. The molecule has 5 rings (SSSR count). The van der Waals surface area contributed by atoms with Gasteiger partial charge in [0, 0.05) is 41.0 Å². The van der Waals surface area contributed by atoms with Crippen LogP contribution in [-0.2, 0) is 17.8 Å². The number of aromatic amines is 1. The maximum atomic E-state index is 5.77. The fourth-order valence-corrected chi connectivity index (χ4v) is 4.29. The van der Waals surface area contributed by atoms with E-state index in [4.69, 9.17) is 4.74 Å². The number of hydrogen-bond donors (Lipinski definition) is 2. The van der Waals surface area contributed by atoms with E-state index in [2.05, 4.69) is 51.8 Å². The van der Waals surface area contributed by atoms with Crippen molar-refractivity contribution in [2.24, 2.45) is 0 Å². The number of pyridine rings is 1. The number of nitrogens with one attached hydrogen (secondary N) is 2. The SMILES string of the molecule is Cc1ccc(-c2c[nH]c(-c3cc4c(c([C@@H]5CCCN5)c3)COCC4)c2)cn1. The second kappa shape index (κ2) is 6.95. The van der Waals surface area contributed by atoms with Gasteiger partial charge in [-0.1, -0.05) is 6.07 Å². The lowest BCUT2D eigenvalue weighted by atomic mass is 9.89. The zero-order chi connectivity index (χ0) is 18.2. The van der Waals surface area contributed by atoms with Crippen molar-refractivity contribution < 1.29 is 4.74 Å². The number of nitrogens with zero attached hydrogens (tertiary/aromatic N) is 1. The Morgan fingerprint density at radius 1 is 1.11 bits per heavy atom. The first-order valence-corrected chi connectivity index (χ1v) is 9.86. The van der Waals surface area contributed by atoms with E-state index in [9.17, 15) is 0 Å². The first-order valence-electron chi connectivity index (χ1n) is 9.86. The highest BCUT2D eigenvalue weighted by molar-refractivity contribution is 5.72. The third kappa shape index (κ3) is 3.20. The minimum absolute atomic E-state index is 0.455. The Hall–Kier alpha value is -2.43. The third-order valence-electron chi connectivity index (χ3n) is 5.81. The van der Waals surface area contributed by atoms with Gasteiger partial charge in [-0.25, -0.2) is 0 Å². The molecule has 2 aliphatic rings. The van der Waals surface area contributed by atoms with Crippen molar-refractivity contribution in [2.75, 3.05) is 13.2 Å². The lowest BCUT2D eigenvalue weighted by Gasteiger charge is -2.24. The fourth-order valence-electron chi connectivity index (χ4n) is 4.29. The number of ether oxygens (including phenoxy) is 1. The van der Waals surface area contributed by atoms with E-state index in [1.807, 2.05) is 13.1 Å². The van der Waals surface area contributed by atoms with E-state index in [1.165, 1.54) is 46.4 Å². The molecule has 0 aliphatic carbocycles. The van der Waals surface area contributed by atoms with Gasteiger partial charge in [-0.3, -0.25) is 4.98 Å². The molecule has 138 valence electrons. The van der Waals surface area contributed by atoms with Crippen molar-refractivity contribution in [1.82, 2.24) is 15.3 Å². The van der Waals surface area contributed by atoms with E-state index < -0.39 is 0 Å². The highest BCUT2D eigenvalue weighted by atomic mass is 16.5. The summed E-state index contributed by atoms with van der Waals surface area (Å²) in [7, 11) is 0. The highest BCUT2D eigenvalue weighted by Gasteiger charge is 2.24. The molecule has 4 heteroatoms. The van der Waals surface area contributed by atoms with Crippen molar-refractivity contribution in [3.05, 3.63) is 65.1 Å². The molecule has 1 saturated heterocycles. The number of aromatic nitrogens is 2. The highest BCUT2D eigenvalue weighted by Crippen LogP contribution is 2.35. The molecule has 0 bridgehead atoms. The van der Waals surface area contributed by atoms with Crippen LogP contribution in [0, 0.1) is 6.92 Å². The van der Waals surface area contributed by atoms with Crippen molar-refractivity contribution in [3.8, 4) is 22.4 Å². The molecule has 0 amide bonds. The van der Waals surface area contributed by atoms with Crippen LogP contribution in [0.2, 0.25) is 0 Å². The summed E-state index contributed by atoms with van der Waals surface area (Å²) in [6, 6.07) is 11.6. The average molecular weight is 359 g/mol. The minimum atomic E-state index is 0.455. The van der Waals surface area contributed by atoms with Crippen LogP contribution >= 0.6 is 0 Å². The molecule has 1 atom stereocenters. The van der Waals surface area contributed by atoms with Gasteiger partial charge in [-0.2, -0.15) is 0 Å². The number of hydrogen-bond acceptors (Lipinski definition) is 3. The maximum Gasteiger partial charge on any atom is 0.0722 e. The Morgan fingerprint density at radius 3 is 2.89 bits per heavy atom. The van der Waals surface area contributed by atoms with Crippen LogP contribution in [0.5, 0.6) is 0 Å². The second-order valence-corrected chi connectivity index (χ2v) is 7.64. The molecule has 4 heterocycles. The van der Waals surface area contributed by atoms with Crippen LogP contribution in [0.3, 0.4) is 0 Å². The summed E-state index contributed by atoms with van der Waals surface area (Å²) in [4.78, 5) is 7.91. The molecule has 0 unspecified atom stereocenters. The predicted octanol–water partition coefficient (Wildman–Crippen LogP) is 4.55. The number of H-pyrrole nitrogens is 1. The molecular weight excluding hydrogens is 334 g/mol. The summed E-state index contributed by atoms with van der Waals surface area (Å²) in [6.07, 6.45) is 7.48. The summed E-state index contributed by atoms with van der Waals surface area (Å²) >= 11 is 0. The van der Waals surface area contributed by atoms with Crippen LogP contribution in [0.1, 0.15) is 41.3 Å². The number of aryl methyl sites for hydroxylation is 1. The van der Waals surface area contributed by atoms with Gasteiger partial charge in [0.1, 0.15) is 0 Å². The van der Waals surface area contributed by atoms with Gasteiger partial charge < -0.3 is 15.0 Å². The van der Waals surface area contributed by atoms with E-state index in [0.717, 1.165) is 37.4 Å². The van der Waals surface area contributed by atoms with Crippen LogP contribution in [0.15, 0.2) is 42.7 Å². The van der Waals surface area contributed by atoms with E-state index in [1.54, 1.807) is 0 Å². The monoisotopic (exact) mass is 359 g/mol. The molecule has 2 aromatic heterocycles. The maximum absolute atomic E-state index is 5.77. The molecule has 0 radical (unpaired) electrons. The van der Waals surface area contributed by atoms with Crippen molar-refractivity contribution in [1.29, 1.82) is 0 Å². The predicted molar refractivity (Wildman–Crippen MR) is 108 cm³/mol. The van der Waals surface area contributed by atoms with Gasteiger partial charge in [0.05, 0.1) is 13.2 Å².